The Morgan fingerprint density at radius 1 is 0.306 bits per heavy atom. The molecule has 0 fully saturated rings. The Morgan fingerprint density at radius 2 is 0.758 bits per heavy atom. The zero-order valence-corrected chi connectivity index (χ0v) is 33.3. The molecule has 13 rings (SSSR count). The summed E-state index contributed by atoms with van der Waals surface area (Å²) in [6, 6.07) is 72.9. The Kier molecular flexibility index (Phi) is 7.54. The van der Waals surface area contributed by atoms with Crippen LogP contribution in [0.5, 0.6) is 0 Å². The normalized spacial score (nSPS) is 11.9. The molecule has 3 aromatic heterocycles. The second-order valence-electron chi connectivity index (χ2n) is 16.0. The molecule has 62 heavy (non-hydrogen) atoms. The molecule has 0 amide bonds. The molecule has 0 radical (unpaired) electrons. The van der Waals surface area contributed by atoms with E-state index < -0.39 is 0 Å². The SMILES string of the molecule is c1ccc(-c2ccc(-c3nc(-c4ccccc4)nc(-c4ccc5c(c4)oc4c6ccccc6c(-n6c7cc8ccccc8cc7c7cc8ccccc8cc76)cc54)n3)cc2)cc1. The van der Waals surface area contributed by atoms with Crippen LogP contribution in [0.4, 0.5) is 0 Å². The third kappa shape index (κ3) is 5.45. The van der Waals surface area contributed by atoms with Crippen LogP contribution in [0.25, 0.3) is 127 Å². The predicted molar refractivity (Wildman–Crippen MR) is 256 cm³/mol. The van der Waals surface area contributed by atoms with Gasteiger partial charge in [-0.3, -0.25) is 0 Å². The fourth-order valence-electron chi connectivity index (χ4n) is 9.34. The molecule has 5 nitrogen and oxygen atoms in total. The van der Waals surface area contributed by atoms with Gasteiger partial charge in [-0.1, -0.05) is 164 Å². The van der Waals surface area contributed by atoms with Crippen LogP contribution in [0.15, 0.2) is 211 Å². The zero-order chi connectivity index (χ0) is 40.7. The Labute approximate surface area is 355 Å². The number of furan rings is 1. The van der Waals surface area contributed by atoms with E-state index in [1.54, 1.807) is 0 Å². The van der Waals surface area contributed by atoms with Crippen LogP contribution in [-0.2, 0) is 0 Å². The van der Waals surface area contributed by atoms with Crippen molar-refractivity contribution in [3.63, 3.8) is 0 Å². The van der Waals surface area contributed by atoms with Crippen LogP contribution in [0.3, 0.4) is 0 Å². The highest BCUT2D eigenvalue weighted by molar-refractivity contribution is 6.21. The largest absolute Gasteiger partial charge is 0.455 e. The van der Waals surface area contributed by atoms with Gasteiger partial charge in [0.15, 0.2) is 17.5 Å². The van der Waals surface area contributed by atoms with E-state index in [1.165, 1.54) is 43.4 Å². The number of nitrogens with zero attached hydrogens (tertiary/aromatic N) is 4. The van der Waals surface area contributed by atoms with Crippen molar-refractivity contribution >= 4 is 76.1 Å². The van der Waals surface area contributed by atoms with Gasteiger partial charge in [-0.15, -0.1) is 0 Å². The van der Waals surface area contributed by atoms with Gasteiger partial charge < -0.3 is 8.98 Å². The highest BCUT2D eigenvalue weighted by atomic mass is 16.3. The molecule has 10 aromatic carbocycles. The topological polar surface area (TPSA) is 56.7 Å². The van der Waals surface area contributed by atoms with Gasteiger partial charge in [0.25, 0.3) is 0 Å². The second kappa shape index (κ2) is 13.6. The number of hydrogen-bond acceptors (Lipinski definition) is 4. The van der Waals surface area contributed by atoms with Crippen molar-refractivity contribution in [2.24, 2.45) is 0 Å². The van der Waals surface area contributed by atoms with Gasteiger partial charge in [-0.25, -0.2) is 15.0 Å². The van der Waals surface area contributed by atoms with Gasteiger partial charge in [0.1, 0.15) is 11.2 Å². The second-order valence-corrected chi connectivity index (χ2v) is 16.0. The van der Waals surface area contributed by atoms with Crippen LogP contribution in [-0.4, -0.2) is 19.5 Å². The Morgan fingerprint density at radius 3 is 1.37 bits per heavy atom. The number of hydrogen-bond donors (Lipinski definition) is 0. The average molecular weight is 791 g/mol. The maximum absolute atomic E-state index is 6.90. The lowest BCUT2D eigenvalue weighted by molar-refractivity contribution is 0.672. The van der Waals surface area contributed by atoms with Crippen molar-refractivity contribution in [1.29, 1.82) is 0 Å². The van der Waals surface area contributed by atoms with Gasteiger partial charge in [0.2, 0.25) is 0 Å². The molecule has 0 N–H and O–H groups in total. The van der Waals surface area contributed by atoms with Crippen LogP contribution in [0, 0.1) is 0 Å². The van der Waals surface area contributed by atoms with Crippen molar-refractivity contribution < 1.29 is 4.42 Å². The predicted octanol–water partition coefficient (Wildman–Crippen LogP) is 15.0. The first kappa shape index (κ1) is 34.5. The van der Waals surface area contributed by atoms with Crippen molar-refractivity contribution in [1.82, 2.24) is 19.5 Å². The zero-order valence-electron chi connectivity index (χ0n) is 33.3. The number of aromatic nitrogens is 4. The van der Waals surface area contributed by atoms with Gasteiger partial charge in [-0.05, 0) is 75.1 Å². The van der Waals surface area contributed by atoms with Crippen molar-refractivity contribution in [3.05, 3.63) is 206 Å². The molecular formula is C57H34N4O. The average Bonchev–Trinajstić information content (AvgIpc) is 3.86. The molecule has 0 aliphatic rings. The standard InChI is InChI=1S/C57H34N4O/c1-3-13-35(14-4-1)36-23-25-38(26-24-36)56-58-55(37-15-5-2-6-16-37)59-57(60-56)43-27-28-45-49-34-52(44-21-11-12-22-46(44)54(49)62-53(45)33-43)61-50-31-41-19-9-7-17-39(41)29-47(50)48-30-40-18-8-10-20-42(40)32-51(48)61/h1-34H. The molecule has 0 aliphatic heterocycles. The minimum atomic E-state index is 0.582. The van der Waals surface area contributed by atoms with E-state index in [0.717, 1.165) is 66.2 Å². The molecule has 0 saturated heterocycles. The van der Waals surface area contributed by atoms with E-state index in [0.29, 0.717) is 17.5 Å². The summed E-state index contributed by atoms with van der Waals surface area (Å²) in [4.78, 5) is 15.1. The third-order valence-corrected chi connectivity index (χ3v) is 12.4. The Balaban J connectivity index is 1.01. The summed E-state index contributed by atoms with van der Waals surface area (Å²) in [6.45, 7) is 0. The van der Waals surface area contributed by atoms with E-state index in [9.17, 15) is 0 Å². The Bertz CT molecular complexity index is 3810. The van der Waals surface area contributed by atoms with Crippen LogP contribution >= 0.6 is 0 Å². The molecular weight excluding hydrogens is 757 g/mol. The lowest BCUT2D eigenvalue weighted by Crippen LogP contribution is -2.00. The molecule has 13 aromatic rings. The summed E-state index contributed by atoms with van der Waals surface area (Å²) < 4.78 is 9.36. The molecule has 0 saturated carbocycles. The van der Waals surface area contributed by atoms with Crippen molar-refractivity contribution in [2.75, 3.05) is 0 Å². The summed E-state index contributed by atoms with van der Waals surface area (Å²) in [5.74, 6) is 1.81. The summed E-state index contributed by atoms with van der Waals surface area (Å²) in [6.07, 6.45) is 0. The van der Waals surface area contributed by atoms with E-state index in [1.807, 2.05) is 36.4 Å². The maximum Gasteiger partial charge on any atom is 0.164 e. The van der Waals surface area contributed by atoms with E-state index in [2.05, 4.69) is 174 Å². The van der Waals surface area contributed by atoms with Crippen LogP contribution in [0.2, 0.25) is 0 Å². The quantitative estimate of drug-likeness (QED) is 0.174. The first-order valence-corrected chi connectivity index (χ1v) is 20.9. The molecule has 0 atom stereocenters. The summed E-state index contributed by atoms with van der Waals surface area (Å²) >= 11 is 0. The lowest BCUT2D eigenvalue weighted by atomic mass is 10.0. The van der Waals surface area contributed by atoms with Crippen LogP contribution in [0.1, 0.15) is 0 Å². The number of benzene rings is 10. The van der Waals surface area contributed by atoms with Crippen LogP contribution < -0.4 is 0 Å². The monoisotopic (exact) mass is 790 g/mol. The van der Waals surface area contributed by atoms with Crippen molar-refractivity contribution in [3.8, 4) is 51.0 Å². The van der Waals surface area contributed by atoms with Gasteiger partial charge in [0.05, 0.1) is 16.7 Å². The number of rotatable bonds is 5. The highest BCUT2D eigenvalue weighted by Crippen LogP contribution is 2.43. The maximum atomic E-state index is 6.90. The van der Waals surface area contributed by atoms with E-state index >= 15 is 0 Å². The molecule has 0 bridgehead atoms. The van der Waals surface area contributed by atoms with E-state index in [4.69, 9.17) is 19.4 Å². The fraction of sp³-hybridized carbons (Fsp3) is 0. The van der Waals surface area contributed by atoms with Gasteiger partial charge in [-0.2, -0.15) is 0 Å². The molecule has 3 heterocycles. The lowest BCUT2D eigenvalue weighted by Gasteiger charge is -2.13. The highest BCUT2D eigenvalue weighted by Gasteiger charge is 2.21. The molecule has 0 aliphatic carbocycles. The minimum absolute atomic E-state index is 0.582. The molecule has 0 unspecified atom stereocenters. The molecule has 5 heteroatoms. The van der Waals surface area contributed by atoms with Gasteiger partial charge >= 0.3 is 0 Å². The summed E-state index contributed by atoms with van der Waals surface area (Å²) in [5.41, 5.74) is 10.1. The Hall–Kier alpha value is -8.41. The fourth-order valence-corrected chi connectivity index (χ4v) is 9.34. The van der Waals surface area contributed by atoms with Gasteiger partial charge in [0, 0.05) is 49.0 Å². The minimum Gasteiger partial charge on any atom is -0.455 e. The third-order valence-electron chi connectivity index (χ3n) is 12.4. The smallest absolute Gasteiger partial charge is 0.164 e. The molecule has 288 valence electrons. The first-order chi connectivity index (χ1) is 30.7. The summed E-state index contributed by atoms with van der Waals surface area (Å²) in [7, 11) is 0. The summed E-state index contributed by atoms with van der Waals surface area (Å²) in [5, 5.41) is 11.6. The molecule has 0 spiro atoms. The first-order valence-electron chi connectivity index (χ1n) is 20.9. The number of fused-ring (bicyclic) bond motifs is 10. The van der Waals surface area contributed by atoms with E-state index in [-0.39, 0.29) is 0 Å². The van der Waals surface area contributed by atoms with Crippen molar-refractivity contribution in [2.45, 2.75) is 0 Å².